The molecule has 3 N–H and O–H groups in total. The van der Waals surface area contributed by atoms with Crippen LogP contribution in [0.5, 0.6) is 5.75 Å². The van der Waals surface area contributed by atoms with Gasteiger partial charge in [-0.2, -0.15) is 0 Å². The van der Waals surface area contributed by atoms with Crippen LogP contribution in [0, 0.1) is 0 Å². The molecule has 2 fully saturated rings. The Hall–Kier alpha value is -3.07. The zero-order valence-electron chi connectivity index (χ0n) is 21.0. The van der Waals surface area contributed by atoms with Gasteiger partial charge in [-0.3, -0.25) is 4.79 Å². The number of methoxy groups -OCH3 is 2. The Balaban J connectivity index is 1.80. The van der Waals surface area contributed by atoms with E-state index in [2.05, 4.69) is 10.1 Å². The molecule has 0 aromatic heterocycles. The van der Waals surface area contributed by atoms with Gasteiger partial charge in [0.15, 0.2) is 0 Å². The number of benzene rings is 1. The standard InChI is InChI=1S/C26H38N4O5/c1-18(30(20-13-14-20)25(31)24-12-6-7-16-35-24)21(27)17-19(9-8-15-28-26(32)34-3)29-22-10-4-5-11-23(22)33-2/h4-5,10-11,17-18,20,24H,6-9,12-16,27H2,1-3H3,(H,28,32)/t18-,24-/m1/s1. The predicted octanol–water partition coefficient (Wildman–Crippen LogP) is 3.70. The maximum atomic E-state index is 13.3. The Morgan fingerprint density at radius 3 is 2.69 bits per heavy atom. The van der Waals surface area contributed by atoms with Crippen LogP contribution in [0.3, 0.4) is 0 Å². The quantitative estimate of drug-likeness (QED) is 0.364. The van der Waals surface area contributed by atoms with E-state index in [-0.39, 0.29) is 24.1 Å². The van der Waals surface area contributed by atoms with E-state index in [1.807, 2.05) is 42.2 Å². The zero-order valence-corrected chi connectivity index (χ0v) is 21.0. The van der Waals surface area contributed by atoms with E-state index in [4.69, 9.17) is 20.2 Å². The van der Waals surface area contributed by atoms with Crippen LogP contribution >= 0.6 is 0 Å². The van der Waals surface area contributed by atoms with Crippen LogP contribution < -0.4 is 15.8 Å². The number of ether oxygens (including phenoxy) is 3. The van der Waals surface area contributed by atoms with E-state index in [0.29, 0.717) is 43.1 Å². The SMILES string of the molecule is COC(=O)NCCCC(C=C(N)[C@@H](C)N(C(=O)[C@H]1CCCCO1)C1CC1)=Nc1ccccc1OC. The largest absolute Gasteiger partial charge is 0.494 e. The minimum Gasteiger partial charge on any atom is -0.494 e. The third-order valence-electron chi connectivity index (χ3n) is 6.30. The first-order chi connectivity index (χ1) is 16.9. The summed E-state index contributed by atoms with van der Waals surface area (Å²) in [5.41, 5.74) is 8.57. The molecule has 2 amide bonds. The Morgan fingerprint density at radius 1 is 1.26 bits per heavy atom. The summed E-state index contributed by atoms with van der Waals surface area (Å²) in [5, 5.41) is 2.68. The second-order valence-electron chi connectivity index (χ2n) is 8.95. The van der Waals surface area contributed by atoms with E-state index >= 15 is 0 Å². The van der Waals surface area contributed by atoms with Crippen molar-refractivity contribution in [2.75, 3.05) is 27.4 Å². The number of para-hydroxylation sites is 2. The molecule has 1 aliphatic heterocycles. The van der Waals surface area contributed by atoms with Crippen LogP contribution in [0.25, 0.3) is 0 Å². The van der Waals surface area contributed by atoms with Crippen molar-refractivity contribution in [3.8, 4) is 5.75 Å². The minimum absolute atomic E-state index is 0.0292. The number of alkyl carbamates (subject to hydrolysis) is 1. The van der Waals surface area contributed by atoms with Gasteiger partial charge in [0.1, 0.15) is 17.5 Å². The lowest BCUT2D eigenvalue weighted by Crippen LogP contribution is -2.49. The summed E-state index contributed by atoms with van der Waals surface area (Å²) in [6, 6.07) is 7.43. The first-order valence-electron chi connectivity index (χ1n) is 12.4. The fourth-order valence-electron chi connectivity index (χ4n) is 4.18. The monoisotopic (exact) mass is 486 g/mol. The molecule has 0 spiro atoms. The molecule has 9 heteroatoms. The number of aliphatic imine (C=N–C) groups is 1. The van der Waals surface area contributed by atoms with Gasteiger partial charge >= 0.3 is 6.09 Å². The zero-order chi connectivity index (χ0) is 25.2. The normalized spacial score (nSPS) is 19.6. The van der Waals surface area contributed by atoms with Gasteiger partial charge in [0.2, 0.25) is 0 Å². The molecular formula is C26H38N4O5. The number of allylic oxidation sites excluding steroid dienone is 1. The highest BCUT2D eigenvalue weighted by molar-refractivity contribution is 5.97. The maximum Gasteiger partial charge on any atom is 0.406 e. The predicted molar refractivity (Wildman–Crippen MR) is 135 cm³/mol. The molecule has 1 aliphatic carbocycles. The van der Waals surface area contributed by atoms with E-state index in [1.165, 1.54) is 7.11 Å². The van der Waals surface area contributed by atoms with Crippen molar-refractivity contribution in [3.63, 3.8) is 0 Å². The molecule has 192 valence electrons. The highest BCUT2D eigenvalue weighted by Crippen LogP contribution is 2.32. The van der Waals surface area contributed by atoms with Gasteiger partial charge in [-0.15, -0.1) is 0 Å². The fourth-order valence-corrected chi connectivity index (χ4v) is 4.18. The Bertz CT molecular complexity index is 922. The molecule has 2 atom stereocenters. The van der Waals surface area contributed by atoms with Gasteiger partial charge in [0, 0.05) is 30.6 Å². The van der Waals surface area contributed by atoms with E-state index in [1.54, 1.807) is 7.11 Å². The molecule has 9 nitrogen and oxygen atoms in total. The average molecular weight is 487 g/mol. The smallest absolute Gasteiger partial charge is 0.406 e. The summed E-state index contributed by atoms with van der Waals surface area (Å²) in [7, 11) is 2.94. The van der Waals surface area contributed by atoms with Gasteiger partial charge in [-0.05, 0) is 70.1 Å². The van der Waals surface area contributed by atoms with Gasteiger partial charge in [0.25, 0.3) is 5.91 Å². The molecule has 35 heavy (non-hydrogen) atoms. The van der Waals surface area contributed by atoms with Crippen molar-refractivity contribution in [1.29, 1.82) is 0 Å². The number of carbonyl (C=O) groups is 2. The number of rotatable bonds is 11. The second kappa shape index (κ2) is 13.1. The van der Waals surface area contributed by atoms with Crippen LogP contribution in [0.1, 0.15) is 51.9 Å². The van der Waals surface area contributed by atoms with Crippen LogP contribution in [-0.4, -0.2) is 68.2 Å². The van der Waals surface area contributed by atoms with Gasteiger partial charge in [-0.25, -0.2) is 9.79 Å². The highest BCUT2D eigenvalue weighted by atomic mass is 16.5. The lowest BCUT2D eigenvalue weighted by Gasteiger charge is -2.34. The van der Waals surface area contributed by atoms with E-state index in [0.717, 1.165) is 37.8 Å². The summed E-state index contributed by atoms with van der Waals surface area (Å²) < 4.78 is 15.9. The first-order valence-corrected chi connectivity index (χ1v) is 12.4. The van der Waals surface area contributed by atoms with Gasteiger partial charge < -0.3 is 30.2 Å². The van der Waals surface area contributed by atoms with Crippen molar-refractivity contribution in [2.45, 2.75) is 70.1 Å². The summed E-state index contributed by atoms with van der Waals surface area (Å²) in [6.45, 7) is 3.03. The fraction of sp³-hybridized carbons (Fsp3) is 0.577. The molecule has 1 aromatic rings. The first kappa shape index (κ1) is 26.5. The average Bonchev–Trinajstić information content (AvgIpc) is 3.72. The van der Waals surface area contributed by atoms with Crippen LogP contribution in [0.2, 0.25) is 0 Å². The summed E-state index contributed by atoms with van der Waals surface area (Å²) >= 11 is 0. The van der Waals surface area contributed by atoms with Crippen molar-refractivity contribution in [1.82, 2.24) is 10.2 Å². The van der Waals surface area contributed by atoms with Crippen molar-refractivity contribution in [3.05, 3.63) is 36.0 Å². The summed E-state index contributed by atoms with van der Waals surface area (Å²) in [4.78, 5) is 31.4. The Kier molecular flexibility index (Phi) is 9.96. The molecule has 1 aromatic carbocycles. The lowest BCUT2D eigenvalue weighted by atomic mass is 10.0. The summed E-state index contributed by atoms with van der Waals surface area (Å²) in [5.74, 6) is 0.684. The van der Waals surface area contributed by atoms with Crippen molar-refractivity contribution >= 4 is 23.4 Å². The number of hydrogen-bond donors (Lipinski definition) is 2. The van der Waals surface area contributed by atoms with Crippen LogP contribution in [0.15, 0.2) is 41.0 Å². The molecule has 1 saturated carbocycles. The molecule has 2 aliphatic rings. The Labute approximate surface area is 207 Å². The van der Waals surface area contributed by atoms with Crippen molar-refractivity contribution < 1.29 is 23.8 Å². The number of amides is 2. The minimum atomic E-state index is -0.472. The molecule has 0 unspecified atom stereocenters. The number of nitrogens with two attached hydrogens (primary N) is 1. The molecule has 0 radical (unpaired) electrons. The Morgan fingerprint density at radius 2 is 2.03 bits per heavy atom. The lowest BCUT2D eigenvalue weighted by molar-refractivity contribution is -0.148. The maximum absolute atomic E-state index is 13.3. The molecule has 0 bridgehead atoms. The van der Waals surface area contributed by atoms with Crippen molar-refractivity contribution in [2.24, 2.45) is 10.7 Å². The summed E-state index contributed by atoms with van der Waals surface area (Å²) in [6.07, 6.45) is 6.93. The van der Waals surface area contributed by atoms with Gasteiger partial charge in [-0.1, -0.05) is 12.1 Å². The number of nitrogens with one attached hydrogen (secondary N) is 1. The third kappa shape index (κ3) is 7.71. The van der Waals surface area contributed by atoms with Crippen LogP contribution in [-0.2, 0) is 14.3 Å². The molecular weight excluding hydrogens is 448 g/mol. The number of nitrogens with zero attached hydrogens (tertiary/aromatic N) is 2. The van der Waals surface area contributed by atoms with E-state index in [9.17, 15) is 9.59 Å². The third-order valence-corrected chi connectivity index (χ3v) is 6.30. The van der Waals surface area contributed by atoms with E-state index < -0.39 is 6.09 Å². The highest BCUT2D eigenvalue weighted by Gasteiger charge is 2.40. The van der Waals surface area contributed by atoms with Crippen LogP contribution in [0.4, 0.5) is 10.5 Å². The molecule has 1 saturated heterocycles. The second-order valence-corrected chi connectivity index (χ2v) is 8.95. The number of carbonyl (C=O) groups excluding carboxylic acids is 2. The topological polar surface area (TPSA) is 115 Å². The van der Waals surface area contributed by atoms with Gasteiger partial charge in [0.05, 0.1) is 20.3 Å². The molecule has 3 rings (SSSR count). The number of hydrogen-bond acceptors (Lipinski definition) is 7. The molecule has 1 heterocycles.